The second-order valence-corrected chi connectivity index (χ2v) is 8.79. The highest BCUT2D eigenvalue weighted by atomic mass is 32.2. The van der Waals surface area contributed by atoms with Crippen molar-refractivity contribution in [1.29, 1.82) is 0 Å². The molecule has 0 aliphatic carbocycles. The SMILES string of the molecule is Cc1ccc(-c2csc(NC(=O)c3ccc(CSc4ncn[nH]4)cc3)n2)s1. The molecule has 0 aliphatic rings. The fraction of sp³-hybridized carbons (Fsp3) is 0.111. The van der Waals surface area contributed by atoms with Crippen LogP contribution in [0.4, 0.5) is 5.13 Å². The largest absolute Gasteiger partial charge is 0.298 e. The second-order valence-electron chi connectivity index (χ2n) is 5.68. The number of anilines is 1. The van der Waals surface area contributed by atoms with E-state index in [1.807, 2.05) is 29.6 Å². The summed E-state index contributed by atoms with van der Waals surface area (Å²) in [5, 5.41) is 12.8. The average molecular weight is 414 g/mol. The molecule has 0 saturated heterocycles. The van der Waals surface area contributed by atoms with Crippen molar-refractivity contribution >= 4 is 45.5 Å². The highest BCUT2D eigenvalue weighted by Gasteiger charge is 2.11. The predicted octanol–water partition coefficient (Wildman–Crippen LogP) is 4.84. The van der Waals surface area contributed by atoms with Crippen molar-refractivity contribution in [3.8, 4) is 10.6 Å². The molecule has 0 aliphatic heterocycles. The Morgan fingerprint density at radius 2 is 2.07 bits per heavy atom. The number of carbonyl (C=O) groups excluding carboxylic acids is 1. The number of H-pyrrole nitrogens is 1. The summed E-state index contributed by atoms with van der Waals surface area (Å²) in [4.78, 5) is 23.4. The van der Waals surface area contributed by atoms with Crippen LogP contribution in [-0.2, 0) is 5.75 Å². The number of thioether (sulfide) groups is 1. The molecule has 4 aromatic rings. The van der Waals surface area contributed by atoms with E-state index in [1.165, 1.54) is 22.5 Å². The number of aryl methyl sites for hydroxylation is 1. The zero-order valence-corrected chi connectivity index (χ0v) is 16.8. The first-order valence-electron chi connectivity index (χ1n) is 8.08. The van der Waals surface area contributed by atoms with Gasteiger partial charge in [-0.05, 0) is 36.8 Å². The summed E-state index contributed by atoms with van der Waals surface area (Å²) in [6, 6.07) is 11.7. The molecule has 6 nitrogen and oxygen atoms in total. The Labute approximate surface area is 168 Å². The van der Waals surface area contributed by atoms with Gasteiger partial charge in [0.1, 0.15) is 6.33 Å². The van der Waals surface area contributed by atoms with Gasteiger partial charge in [0.15, 0.2) is 10.3 Å². The third kappa shape index (κ3) is 4.44. The van der Waals surface area contributed by atoms with E-state index in [2.05, 4.69) is 44.5 Å². The number of amides is 1. The van der Waals surface area contributed by atoms with Crippen LogP contribution in [0.3, 0.4) is 0 Å². The van der Waals surface area contributed by atoms with Crippen LogP contribution in [0.25, 0.3) is 10.6 Å². The van der Waals surface area contributed by atoms with E-state index >= 15 is 0 Å². The lowest BCUT2D eigenvalue weighted by Gasteiger charge is -2.03. The number of nitrogens with zero attached hydrogens (tertiary/aromatic N) is 3. The van der Waals surface area contributed by atoms with Gasteiger partial charge in [0.2, 0.25) is 0 Å². The number of nitrogens with one attached hydrogen (secondary N) is 2. The van der Waals surface area contributed by atoms with Gasteiger partial charge in [-0.3, -0.25) is 15.2 Å². The first-order valence-corrected chi connectivity index (χ1v) is 10.8. The van der Waals surface area contributed by atoms with Crippen molar-refractivity contribution in [2.45, 2.75) is 17.8 Å². The van der Waals surface area contributed by atoms with Crippen molar-refractivity contribution in [3.63, 3.8) is 0 Å². The zero-order valence-electron chi connectivity index (χ0n) is 14.3. The van der Waals surface area contributed by atoms with Crippen LogP contribution in [-0.4, -0.2) is 26.1 Å². The fourth-order valence-electron chi connectivity index (χ4n) is 2.35. The van der Waals surface area contributed by atoms with Crippen molar-refractivity contribution in [1.82, 2.24) is 20.2 Å². The van der Waals surface area contributed by atoms with Crippen LogP contribution >= 0.6 is 34.4 Å². The number of carbonyl (C=O) groups is 1. The van der Waals surface area contributed by atoms with E-state index in [4.69, 9.17) is 0 Å². The number of rotatable bonds is 6. The van der Waals surface area contributed by atoms with E-state index in [9.17, 15) is 4.79 Å². The molecule has 3 aromatic heterocycles. The maximum atomic E-state index is 12.4. The number of aromatic nitrogens is 4. The Kier molecular flexibility index (Phi) is 5.33. The lowest BCUT2D eigenvalue weighted by molar-refractivity contribution is 0.102. The number of thiophene rings is 1. The molecule has 1 amide bonds. The molecule has 0 saturated carbocycles. The maximum absolute atomic E-state index is 12.4. The van der Waals surface area contributed by atoms with E-state index in [0.29, 0.717) is 10.7 Å². The molecule has 0 radical (unpaired) electrons. The summed E-state index contributed by atoms with van der Waals surface area (Å²) in [5.41, 5.74) is 2.61. The summed E-state index contributed by atoms with van der Waals surface area (Å²) in [6.07, 6.45) is 1.49. The number of hydrogen-bond acceptors (Lipinski definition) is 7. The Hall–Kier alpha value is -2.49. The Bertz CT molecular complexity index is 1040. The molecule has 0 unspecified atom stereocenters. The molecule has 0 atom stereocenters. The van der Waals surface area contributed by atoms with E-state index in [-0.39, 0.29) is 5.91 Å². The highest BCUT2D eigenvalue weighted by Crippen LogP contribution is 2.30. The molecule has 1 aromatic carbocycles. The van der Waals surface area contributed by atoms with Crippen LogP contribution in [0.5, 0.6) is 0 Å². The zero-order chi connectivity index (χ0) is 18.6. The minimum Gasteiger partial charge on any atom is -0.298 e. The maximum Gasteiger partial charge on any atom is 0.257 e. The number of hydrogen-bond donors (Lipinski definition) is 2. The Balaban J connectivity index is 1.37. The quantitative estimate of drug-likeness (QED) is 0.442. The monoisotopic (exact) mass is 413 g/mol. The summed E-state index contributed by atoms with van der Waals surface area (Å²) >= 11 is 4.69. The van der Waals surface area contributed by atoms with Crippen molar-refractivity contribution in [2.75, 3.05) is 5.32 Å². The van der Waals surface area contributed by atoms with Crippen molar-refractivity contribution < 1.29 is 4.79 Å². The highest BCUT2D eigenvalue weighted by molar-refractivity contribution is 7.98. The Morgan fingerprint density at radius 3 is 2.78 bits per heavy atom. The van der Waals surface area contributed by atoms with Gasteiger partial charge >= 0.3 is 0 Å². The van der Waals surface area contributed by atoms with Crippen molar-refractivity contribution in [3.05, 3.63) is 64.1 Å². The summed E-state index contributed by atoms with van der Waals surface area (Å²) in [7, 11) is 0. The van der Waals surface area contributed by atoms with Gasteiger partial charge in [-0.15, -0.1) is 22.7 Å². The van der Waals surface area contributed by atoms with Crippen LogP contribution in [0.1, 0.15) is 20.8 Å². The predicted molar refractivity (Wildman–Crippen MR) is 111 cm³/mol. The lowest BCUT2D eigenvalue weighted by Crippen LogP contribution is -2.11. The van der Waals surface area contributed by atoms with Crippen LogP contribution < -0.4 is 5.32 Å². The summed E-state index contributed by atoms with van der Waals surface area (Å²) < 4.78 is 0. The van der Waals surface area contributed by atoms with Crippen LogP contribution in [0.15, 0.2) is 53.3 Å². The molecular weight excluding hydrogens is 398 g/mol. The first-order chi connectivity index (χ1) is 13.2. The molecule has 4 rings (SSSR count). The van der Waals surface area contributed by atoms with Gasteiger partial charge in [0, 0.05) is 21.6 Å². The average Bonchev–Trinajstić information content (AvgIpc) is 3.42. The third-order valence-corrected chi connectivity index (χ3v) is 6.43. The molecule has 136 valence electrons. The fourth-order valence-corrected chi connectivity index (χ4v) is 4.70. The number of aromatic amines is 1. The van der Waals surface area contributed by atoms with Gasteiger partial charge in [0.05, 0.1) is 10.6 Å². The van der Waals surface area contributed by atoms with Gasteiger partial charge in [0.25, 0.3) is 5.91 Å². The number of benzene rings is 1. The first kappa shape index (κ1) is 17.9. The normalized spacial score (nSPS) is 10.9. The van der Waals surface area contributed by atoms with Gasteiger partial charge in [-0.2, -0.15) is 5.10 Å². The topological polar surface area (TPSA) is 83.6 Å². The molecule has 9 heteroatoms. The molecule has 2 N–H and O–H groups in total. The van der Waals surface area contributed by atoms with Crippen molar-refractivity contribution in [2.24, 2.45) is 0 Å². The van der Waals surface area contributed by atoms with E-state index in [1.54, 1.807) is 23.1 Å². The summed E-state index contributed by atoms with van der Waals surface area (Å²) in [6.45, 7) is 2.07. The van der Waals surface area contributed by atoms with E-state index in [0.717, 1.165) is 27.0 Å². The molecule has 0 spiro atoms. The number of thiazole rings is 1. The minimum absolute atomic E-state index is 0.160. The molecular formula is C18H15N5OS3. The minimum atomic E-state index is -0.160. The molecule has 0 fully saturated rings. The van der Waals surface area contributed by atoms with Gasteiger partial charge < -0.3 is 0 Å². The van der Waals surface area contributed by atoms with Gasteiger partial charge in [-0.25, -0.2) is 9.97 Å². The summed E-state index contributed by atoms with van der Waals surface area (Å²) in [5.74, 6) is 0.598. The van der Waals surface area contributed by atoms with E-state index < -0.39 is 0 Å². The smallest absolute Gasteiger partial charge is 0.257 e. The Morgan fingerprint density at radius 1 is 1.22 bits per heavy atom. The lowest BCUT2D eigenvalue weighted by atomic mass is 10.1. The van der Waals surface area contributed by atoms with Crippen LogP contribution in [0.2, 0.25) is 0 Å². The van der Waals surface area contributed by atoms with Gasteiger partial charge in [-0.1, -0.05) is 23.9 Å². The molecule has 3 heterocycles. The molecule has 27 heavy (non-hydrogen) atoms. The van der Waals surface area contributed by atoms with Crippen LogP contribution in [0, 0.1) is 6.92 Å². The third-order valence-electron chi connectivity index (χ3n) is 3.70. The standard InChI is InChI=1S/C18H15N5OS3/c1-11-2-7-15(27-11)14-9-26-18(21-14)22-16(24)13-5-3-12(4-6-13)8-25-17-19-10-20-23-17/h2-7,9-10H,8H2,1H3,(H,19,20,23)(H,21,22,24). The molecule has 0 bridgehead atoms. The second kappa shape index (κ2) is 8.03.